The number of nitrogens with zero attached hydrogens (tertiary/aromatic N) is 1. The van der Waals surface area contributed by atoms with E-state index < -0.39 is 24.2 Å². The largest absolute Gasteiger partial charge is 0.481 e. The van der Waals surface area contributed by atoms with Gasteiger partial charge in [0.2, 0.25) is 5.91 Å². The topological polar surface area (TPSA) is 112 Å². The Morgan fingerprint density at radius 2 is 2.12 bits per heavy atom. The molecule has 1 saturated heterocycles. The van der Waals surface area contributed by atoms with Crippen LogP contribution in [0.5, 0.6) is 0 Å². The number of carboxylic acid groups (broad SMARTS) is 1. The van der Waals surface area contributed by atoms with E-state index in [0.29, 0.717) is 13.0 Å². The molecule has 2 heterocycles. The average Bonchev–Trinajstić information content (AvgIpc) is 3.22. The number of thiazole rings is 1. The number of aryl methyl sites for hydroxylation is 1. The van der Waals surface area contributed by atoms with Gasteiger partial charge in [-0.1, -0.05) is 24.3 Å². The molecular formula is C18H21N3O4S. The van der Waals surface area contributed by atoms with Crippen molar-refractivity contribution in [3.63, 3.8) is 0 Å². The molecule has 3 rings (SSSR count). The quantitative estimate of drug-likeness (QED) is 0.608. The van der Waals surface area contributed by atoms with Gasteiger partial charge in [0.15, 0.2) is 0 Å². The molecule has 1 aliphatic heterocycles. The molecule has 4 N–H and O–H groups in total. The number of hydrogen-bond donors (Lipinski definition) is 4. The number of benzene rings is 1. The number of hydrogen-bond acceptors (Lipinski definition) is 6. The number of aliphatic hydroxyl groups is 1. The summed E-state index contributed by atoms with van der Waals surface area (Å²) in [5.41, 5.74) is 4.47. The highest BCUT2D eigenvalue weighted by atomic mass is 32.1. The SMILES string of the molecule is Cc1ncsc1-c1ccc(C(CC(=O)O)NC(=O)[C@@H]2C[C@@H](O)CN2)cc1. The number of aliphatic carboxylic acids is 1. The molecule has 2 aromatic rings. The van der Waals surface area contributed by atoms with Gasteiger partial charge in [-0.2, -0.15) is 0 Å². The number of aliphatic hydroxyl groups excluding tert-OH is 1. The molecule has 0 aliphatic carbocycles. The lowest BCUT2D eigenvalue weighted by molar-refractivity contribution is -0.137. The third kappa shape index (κ3) is 4.27. The highest BCUT2D eigenvalue weighted by Crippen LogP contribution is 2.29. The van der Waals surface area contributed by atoms with Gasteiger partial charge >= 0.3 is 5.97 Å². The molecule has 0 bridgehead atoms. The predicted octanol–water partition coefficient (Wildman–Crippen LogP) is 1.47. The Kier molecular flexibility index (Phi) is 5.65. The van der Waals surface area contributed by atoms with Crippen molar-refractivity contribution in [1.82, 2.24) is 15.6 Å². The molecule has 0 radical (unpaired) electrons. The zero-order chi connectivity index (χ0) is 18.7. The van der Waals surface area contributed by atoms with E-state index >= 15 is 0 Å². The van der Waals surface area contributed by atoms with Crippen LogP contribution in [0.1, 0.15) is 30.1 Å². The van der Waals surface area contributed by atoms with E-state index in [-0.39, 0.29) is 12.3 Å². The van der Waals surface area contributed by atoms with Gasteiger partial charge in [0, 0.05) is 6.54 Å². The van der Waals surface area contributed by atoms with Crippen LogP contribution in [-0.2, 0) is 9.59 Å². The van der Waals surface area contributed by atoms with E-state index in [1.807, 2.05) is 31.2 Å². The van der Waals surface area contributed by atoms with Gasteiger partial charge in [-0.25, -0.2) is 4.98 Å². The molecule has 3 atom stereocenters. The summed E-state index contributed by atoms with van der Waals surface area (Å²) in [6.07, 6.45) is -0.430. The van der Waals surface area contributed by atoms with Gasteiger partial charge in [0.1, 0.15) is 0 Å². The molecule has 26 heavy (non-hydrogen) atoms. The van der Waals surface area contributed by atoms with Crippen LogP contribution in [0.2, 0.25) is 0 Å². The summed E-state index contributed by atoms with van der Waals surface area (Å²) >= 11 is 1.55. The highest BCUT2D eigenvalue weighted by Gasteiger charge is 2.30. The summed E-state index contributed by atoms with van der Waals surface area (Å²) in [6, 6.07) is 6.36. The van der Waals surface area contributed by atoms with Crippen LogP contribution < -0.4 is 10.6 Å². The third-order valence-electron chi connectivity index (χ3n) is 4.44. The van der Waals surface area contributed by atoms with Crippen molar-refractivity contribution in [1.29, 1.82) is 0 Å². The normalized spacial score (nSPS) is 20.7. The lowest BCUT2D eigenvalue weighted by Gasteiger charge is -2.20. The fraction of sp³-hybridized carbons (Fsp3) is 0.389. The second-order valence-electron chi connectivity index (χ2n) is 6.40. The second kappa shape index (κ2) is 7.94. The summed E-state index contributed by atoms with van der Waals surface area (Å²) in [5, 5.41) is 24.5. The molecule has 1 fully saturated rings. The van der Waals surface area contributed by atoms with Gasteiger partial charge in [0.05, 0.1) is 40.7 Å². The van der Waals surface area contributed by atoms with Crippen molar-refractivity contribution in [2.45, 2.75) is 38.0 Å². The number of rotatable bonds is 6. The van der Waals surface area contributed by atoms with Gasteiger partial charge in [-0.05, 0) is 24.5 Å². The highest BCUT2D eigenvalue weighted by molar-refractivity contribution is 7.13. The first-order valence-corrected chi connectivity index (χ1v) is 9.26. The molecule has 1 aromatic carbocycles. The molecule has 8 heteroatoms. The smallest absolute Gasteiger partial charge is 0.305 e. The van der Waals surface area contributed by atoms with Crippen LogP contribution in [0.3, 0.4) is 0 Å². The lowest BCUT2D eigenvalue weighted by Crippen LogP contribution is -2.42. The maximum absolute atomic E-state index is 12.4. The summed E-state index contributed by atoms with van der Waals surface area (Å²) in [4.78, 5) is 28.9. The van der Waals surface area contributed by atoms with Crippen molar-refractivity contribution >= 4 is 23.2 Å². The zero-order valence-corrected chi connectivity index (χ0v) is 15.1. The molecule has 0 saturated carbocycles. The molecular weight excluding hydrogens is 354 g/mol. The van der Waals surface area contributed by atoms with Crippen molar-refractivity contribution in [3.8, 4) is 10.4 Å². The molecule has 1 unspecified atom stereocenters. The average molecular weight is 375 g/mol. The number of aromatic nitrogens is 1. The van der Waals surface area contributed by atoms with Gasteiger partial charge in [-0.3, -0.25) is 9.59 Å². The van der Waals surface area contributed by atoms with E-state index in [2.05, 4.69) is 15.6 Å². The molecule has 7 nitrogen and oxygen atoms in total. The molecule has 1 amide bonds. The number of β-amino-alcohol motifs (C(OH)–C–C–N with tert-alkyl or cyclic N) is 1. The first-order chi connectivity index (χ1) is 12.4. The monoisotopic (exact) mass is 375 g/mol. The van der Waals surface area contributed by atoms with Crippen molar-refractivity contribution in [2.24, 2.45) is 0 Å². The Bertz CT molecular complexity index is 790. The fourth-order valence-corrected chi connectivity index (χ4v) is 3.87. The number of carboxylic acids is 1. The summed E-state index contributed by atoms with van der Waals surface area (Å²) in [6.45, 7) is 2.31. The Morgan fingerprint density at radius 1 is 1.38 bits per heavy atom. The van der Waals surface area contributed by atoms with Gasteiger partial charge in [-0.15, -0.1) is 11.3 Å². The standard InChI is InChI=1S/C18H21N3O4S/c1-10-17(26-9-20-10)12-4-2-11(3-5-12)14(7-16(23)24)21-18(25)15-6-13(22)8-19-15/h2-5,9,13-15,19,22H,6-8H2,1H3,(H,21,25)(H,23,24)/t13-,14?,15+/m1/s1. The van der Waals surface area contributed by atoms with Crippen molar-refractivity contribution in [3.05, 3.63) is 41.0 Å². The van der Waals surface area contributed by atoms with Crippen LogP contribution in [-0.4, -0.2) is 45.8 Å². The Labute approximate surface area is 155 Å². The minimum atomic E-state index is -0.989. The van der Waals surface area contributed by atoms with E-state index in [1.54, 1.807) is 16.8 Å². The summed E-state index contributed by atoms with van der Waals surface area (Å²) in [5.74, 6) is -1.28. The van der Waals surface area contributed by atoms with E-state index in [9.17, 15) is 19.8 Å². The minimum absolute atomic E-state index is 0.208. The third-order valence-corrected chi connectivity index (χ3v) is 5.42. The number of carbonyl (C=O) groups excluding carboxylic acids is 1. The Balaban J connectivity index is 1.76. The number of amides is 1. The number of carbonyl (C=O) groups is 2. The van der Waals surface area contributed by atoms with E-state index in [1.165, 1.54) is 0 Å². The van der Waals surface area contributed by atoms with Gasteiger partial charge < -0.3 is 20.8 Å². The summed E-state index contributed by atoms with van der Waals surface area (Å²) in [7, 11) is 0. The second-order valence-corrected chi connectivity index (χ2v) is 7.25. The van der Waals surface area contributed by atoms with Gasteiger partial charge in [0.25, 0.3) is 0 Å². The molecule has 0 spiro atoms. The van der Waals surface area contributed by atoms with E-state index in [0.717, 1.165) is 21.7 Å². The maximum atomic E-state index is 12.4. The van der Waals surface area contributed by atoms with Crippen molar-refractivity contribution < 1.29 is 19.8 Å². The zero-order valence-electron chi connectivity index (χ0n) is 14.3. The van der Waals surface area contributed by atoms with Crippen LogP contribution >= 0.6 is 11.3 Å². The van der Waals surface area contributed by atoms with Crippen LogP contribution in [0.25, 0.3) is 10.4 Å². The van der Waals surface area contributed by atoms with E-state index in [4.69, 9.17) is 0 Å². The first kappa shape index (κ1) is 18.5. The molecule has 1 aromatic heterocycles. The van der Waals surface area contributed by atoms with Crippen LogP contribution in [0.15, 0.2) is 29.8 Å². The number of nitrogens with one attached hydrogen (secondary N) is 2. The lowest BCUT2D eigenvalue weighted by atomic mass is 10.0. The van der Waals surface area contributed by atoms with Crippen LogP contribution in [0, 0.1) is 6.92 Å². The van der Waals surface area contributed by atoms with Crippen LogP contribution in [0.4, 0.5) is 0 Å². The first-order valence-electron chi connectivity index (χ1n) is 8.38. The Morgan fingerprint density at radius 3 is 2.65 bits per heavy atom. The Hall–Kier alpha value is -2.29. The minimum Gasteiger partial charge on any atom is -0.481 e. The summed E-state index contributed by atoms with van der Waals surface area (Å²) < 4.78 is 0. The van der Waals surface area contributed by atoms with Crippen molar-refractivity contribution in [2.75, 3.05) is 6.54 Å². The predicted molar refractivity (Wildman–Crippen MR) is 97.8 cm³/mol. The fourth-order valence-electron chi connectivity index (χ4n) is 3.06. The maximum Gasteiger partial charge on any atom is 0.305 e. The molecule has 138 valence electrons. The molecule has 1 aliphatic rings.